The van der Waals surface area contributed by atoms with Crippen molar-refractivity contribution >= 4 is 29.3 Å². The first-order valence-electron chi connectivity index (χ1n) is 8.26. The van der Waals surface area contributed by atoms with Gasteiger partial charge in [0.15, 0.2) is 5.16 Å². The Morgan fingerprint density at radius 3 is 2.81 bits per heavy atom. The summed E-state index contributed by atoms with van der Waals surface area (Å²) in [4.78, 5) is 42.7. The maximum atomic E-state index is 12.4. The summed E-state index contributed by atoms with van der Waals surface area (Å²) in [6, 6.07) is 7.85. The van der Waals surface area contributed by atoms with Crippen LogP contribution in [0.3, 0.4) is 0 Å². The van der Waals surface area contributed by atoms with Crippen molar-refractivity contribution in [3.63, 3.8) is 0 Å². The molecule has 0 radical (unpaired) electrons. The molecule has 2 aromatic rings. The number of aromatic nitrogens is 2. The summed E-state index contributed by atoms with van der Waals surface area (Å²) < 4.78 is 9.92. The van der Waals surface area contributed by atoms with Crippen LogP contribution in [0.15, 0.2) is 40.3 Å². The fourth-order valence-corrected chi connectivity index (χ4v) is 2.99. The van der Waals surface area contributed by atoms with Gasteiger partial charge in [-0.15, -0.1) is 0 Å². The normalized spacial score (nSPS) is 11.7. The molecule has 1 aromatic carbocycles. The Balaban J connectivity index is 2.05. The van der Waals surface area contributed by atoms with Crippen molar-refractivity contribution in [1.29, 1.82) is 0 Å². The number of aromatic amines is 1. The second-order valence-corrected chi connectivity index (χ2v) is 6.86. The SMILES string of the molecule is CCOC(=O)c1cccc(NC(=O)C(C)Sc2nc(COC)cc(=O)[nH]2)c1. The summed E-state index contributed by atoms with van der Waals surface area (Å²) in [5.41, 5.74) is 1.01. The Labute approximate surface area is 160 Å². The van der Waals surface area contributed by atoms with Crippen molar-refractivity contribution in [2.24, 2.45) is 0 Å². The molecule has 0 fully saturated rings. The summed E-state index contributed by atoms with van der Waals surface area (Å²) in [7, 11) is 1.51. The van der Waals surface area contributed by atoms with Crippen LogP contribution in [0.2, 0.25) is 0 Å². The van der Waals surface area contributed by atoms with Crippen LogP contribution in [0.4, 0.5) is 5.69 Å². The molecule has 0 spiro atoms. The third kappa shape index (κ3) is 6.22. The zero-order valence-corrected chi connectivity index (χ0v) is 16.1. The number of rotatable bonds is 8. The molecule has 1 atom stereocenters. The Bertz CT molecular complexity index is 868. The third-order valence-corrected chi connectivity index (χ3v) is 4.35. The van der Waals surface area contributed by atoms with Crippen LogP contribution in [0.25, 0.3) is 0 Å². The second-order valence-electron chi connectivity index (χ2n) is 5.53. The molecule has 0 saturated carbocycles. The number of hydrogen-bond acceptors (Lipinski definition) is 7. The van der Waals surface area contributed by atoms with Crippen molar-refractivity contribution in [2.75, 3.05) is 19.0 Å². The molecular formula is C18H21N3O5S. The minimum Gasteiger partial charge on any atom is -0.462 e. The molecular weight excluding hydrogens is 370 g/mol. The van der Waals surface area contributed by atoms with E-state index in [1.54, 1.807) is 38.1 Å². The second kappa shape index (κ2) is 9.89. The first-order valence-corrected chi connectivity index (χ1v) is 9.14. The third-order valence-electron chi connectivity index (χ3n) is 3.36. The van der Waals surface area contributed by atoms with Gasteiger partial charge in [0.25, 0.3) is 5.56 Å². The Hall–Kier alpha value is -2.65. The molecule has 2 rings (SSSR count). The monoisotopic (exact) mass is 391 g/mol. The van der Waals surface area contributed by atoms with E-state index < -0.39 is 11.2 Å². The van der Waals surface area contributed by atoms with Crippen molar-refractivity contribution in [1.82, 2.24) is 9.97 Å². The van der Waals surface area contributed by atoms with Gasteiger partial charge in [-0.3, -0.25) is 9.59 Å². The maximum Gasteiger partial charge on any atom is 0.338 e. The smallest absolute Gasteiger partial charge is 0.338 e. The number of amides is 1. The molecule has 8 nitrogen and oxygen atoms in total. The molecule has 1 heterocycles. The number of nitrogens with one attached hydrogen (secondary N) is 2. The average Bonchev–Trinajstić information content (AvgIpc) is 2.62. The molecule has 0 aliphatic carbocycles. The average molecular weight is 391 g/mol. The van der Waals surface area contributed by atoms with E-state index >= 15 is 0 Å². The number of anilines is 1. The molecule has 1 amide bonds. The van der Waals surface area contributed by atoms with E-state index in [0.717, 1.165) is 11.8 Å². The number of H-pyrrole nitrogens is 1. The van der Waals surface area contributed by atoms with Gasteiger partial charge in [0, 0.05) is 18.9 Å². The van der Waals surface area contributed by atoms with Crippen LogP contribution in [-0.2, 0) is 20.9 Å². The standard InChI is InChI=1S/C18H21N3O5S/c1-4-26-17(24)12-6-5-7-13(8-12)19-16(23)11(2)27-18-20-14(10-25-3)9-15(22)21-18/h5-9,11H,4,10H2,1-3H3,(H,19,23)(H,20,21,22). The van der Waals surface area contributed by atoms with Crippen LogP contribution < -0.4 is 10.9 Å². The summed E-state index contributed by atoms with van der Waals surface area (Å²) >= 11 is 1.12. The highest BCUT2D eigenvalue weighted by molar-refractivity contribution is 8.00. The van der Waals surface area contributed by atoms with E-state index in [2.05, 4.69) is 15.3 Å². The lowest BCUT2D eigenvalue weighted by Gasteiger charge is -2.12. The number of benzene rings is 1. The topological polar surface area (TPSA) is 110 Å². The first kappa shape index (κ1) is 20.7. The number of carbonyl (C=O) groups is 2. The van der Waals surface area contributed by atoms with Gasteiger partial charge >= 0.3 is 5.97 Å². The molecule has 0 aliphatic rings. The predicted octanol–water partition coefficient (Wildman–Crippen LogP) is 2.21. The number of ether oxygens (including phenoxy) is 2. The van der Waals surface area contributed by atoms with Crippen LogP contribution >= 0.6 is 11.8 Å². The van der Waals surface area contributed by atoms with Crippen molar-refractivity contribution < 1.29 is 19.1 Å². The highest BCUT2D eigenvalue weighted by Gasteiger charge is 2.17. The van der Waals surface area contributed by atoms with E-state index in [4.69, 9.17) is 9.47 Å². The van der Waals surface area contributed by atoms with E-state index in [1.807, 2.05) is 0 Å². The highest BCUT2D eigenvalue weighted by atomic mass is 32.2. The lowest BCUT2D eigenvalue weighted by molar-refractivity contribution is -0.115. The Morgan fingerprint density at radius 2 is 2.11 bits per heavy atom. The minimum atomic E-state index is -0.530. The van der Waals surface area contributed by atoms with Gasteiger partial charge in [0.1, 0.15) is 0 Å². The van der Waals surface area contributed by atoms with E-state index in [1.165, 1.54) is 13.2 Å². The van der Waals surface area contributed by atoms with Crippen molar-refractivity contribution in [2.45, 2.75) is 30.9 Å². The summed E-state index contributed by atoms with van der Waals surface area (Å²) in [5.74, 6) is -0.742. The Morgan fingerprint density at radius 1 is 1.33 bits per heavy atom. The van der Waals surface area contributed by atoms with Gasteiger partial charge in [-0.1, -0.05) is 17.8 Å². The molecule has 2 N–H and O–H groups in total. The van der Waals surface area contributed by atoms with Crippen LogP contribution in [0.1, 0.15) is 29.9 Å². The summed E-state index contributed by atoms with van der Waals surface area (Å²) in [5, 5.41) is 2.54. The van der Waals surface area contributed by atoms with Gasteiger partial charge in [-0.2, -0.15) is 0 Å². The molecule has 9 heteroatoms. The van der Waals surface area contributed by atoms with Crippen molar-refractivity contribution in [3.05, 3.63) is 51.9 Å². The molecule has 27 heavy (non-hydrogen) atoms. The van der Waals surface area contributed by atoms with Gasteiger partial charge < -0.3 is 19.8 Å². The predicted molar refractivity (Wildman–Crippen MR) is 102 cm³/mol. The molecule has 0 aliphatic heterocycles. The molecule has 144 valence electrons. The molecule has 0 bridgehead atoms. The van der Waals surface area contributed by atoms with E-state index in [9.17, 15) is 14.4 Å². The van der Waals surface area contributed by atoms with Crippen LogP contribution in [0, 0.1) is 0 Å². The maximum absolute atomic E-state index is 12.4. The quantitative estimate of drug-likeness (QED) is 0.403. The molecule has 0 saturated heterocycles. The fraction of sp³-hybridized carbons (Fsp3) is 0.333. The van der Waals surface area contributed by atoms with E-state index in [-0.39, 0.29) is 24.7 Å². The van der Waals surface area contributed by atoms with Crippen LogP contribution in [-0.4, -0.2) is 40.8 Å². The number of esters is 1. The van der Waals surface area contributed by atoms with E-state index in [0.29, 0.717) is 22.1 Å². The van der Waals surface area contributed by atoms with Gasteiger partial charge in [-0.05, 0) is 32.0 Å². The number of hydrogen-bond donors (Lipinski definition) is 2. The lowest BCUT2D eigenvalue weighted by Crippen LogP contribution is -2.23. The van der Waals surface area contributed by atoms with Gasteiger partial charge in [0.2, 0.25) is 5.91 Å². The van der Waals surface area contributed by atoms with Crippen LogP contribution in [0.5, 0.6) is 0 Å². The number of carbonyl (C=O) groups excluding carboxylic acids is 2. The minimum absolute atomic E-state index is 0.207. The number of thioether (sulfide) groups is 1. The fourth-order valence-electron chi connectivity index (χ4n) is 2.16. The highest BCUT2D eigenvalue weighted by Crippen LogP contribution is 2.21. The van der Waals surface area contributed by atoms with Crippen molar-refractivity contribution in [3.8, 4) is 0 Å². The zero-order chi connectivity index (χ0) is 19.8. The number of nitrogens with zero attached hydrogens (tertiary/aromatic N) is 1. The van der Waals surface area contributed by atoms with Gasteiger partial charge in [-0.25, -0.2) is 9.78 Å². The zero-order valence-electron chi connectivity index (χ0n) is 15.3. The number of methoxy groups -OCH3 is 1. The summed E-state index contributed by atoms with van der Waals surface area (Å²) in [6.45, 7) is 3.90. The lowest BCUT2D eigenvalue weighted by atomic mass is 10.2. The largest absolute Gasteiger partial charge is 0.462 e. The van der Waals surface area contributed by atoms with Gasteiger partial charge in [0.05, 0.1) is 29.7 Å². The first-order chi connectivity index (χ1) is 12.9. The molecule has 1 unspecified atom stereocenters. The Kier molecular flexibility index (Phi) is 7.56. The summed E-state index contributed by atoms with van der Waals surface area (Å²) in [6.07, 6.45) is 0. The molecule has 1 aromatic heterocycles.